The summed E-state index contributed by atoms with van der Waals surface area (Å²) in [6, 6.07) is 17.6. The van der Waals surface area contributed by atoms with Crippen molar-refractivity contribution in [3.63, 3.8) is 0 Å². The van der Waals surface area contributed by atoms with Gasteiger partial charge in [-0.2, -0.15) is 0 Å². The Morgan fingerprint density at radius 3 is 1.26 bits per heavy atom. The highest BCUT2D eigenvalue weighted by atomic mass is 16.6. The molecular formula is C30H40N6O6. The second kappa shape index (κ2) is 15.2. The average molecular weight is 581 g/mol. The Balaban J connectivity index is 1.74. The maximum absolute atomic E-state index is 12.6. The zero-order chi connectivity index (χ0) is 30.6. The van der Waals surface area contributed by atoms with Crippen molar-refractivity contribution in [3.8, 4) is 0 Å². The van der Waals surface area contributed by atoms with Gasteiger partial charge in [-0.3, -0.25) is 0 Å². The molecule has 2 amide bonds. The van der Waals surface area contributed by atoms with Gasteiger partial charge in [0.2, 0.25) is 0 Å². The number of alkyl carbamates (subject to hydrolysis) is 2. The lowest BCUT2D eigenvalue weighted by Gasteiger charge is -2.23. The first-order valence-corrected chi connectivity index (χ1v) is 13.7. The Morgan fingerprint density at radius 2 is 0.952 bits per heavy atom. The minimum atomic E-state index is -0.802. The van der Waals surface area contributed by atoms with Crippen molar-refractivity contribution in [1.29, 1.82) is 0 Å². The van der Waals surface area contributed by atoms with Crippen molar-refractivity contribution in [2.24, 2.45) is 0 Å². The number of aromatic nitrogens is 4. The number of rotatable bonds is 12. The molecule has 0 bridgehead atoms. The number of nitrogens with one attached hydrogen (secondary N) is 2. The van der Waals surface area contributed by atoms with Crippen molar-refractivity contribution >= 4 is 12.2 Å². The summed E-state index contributed by atoms with van der Waals surface area (Å²) < 4.78 is 22.5. The number of amides is 2. The molecule has 3 rings (SSSR count). The molecule has 0 saturated heterocycles. The molecule has 0 unspecified atom stereocenters. The van der Waals surface area contributed by atoms with E-state index in [1.54, 1.807) is 41.5 Å². The summed E-state index contributed by atoms with van der Waals surface area (Å²) in [7, 11) is 0. The molecule has 12 nitrogen and oxygen atoms in total. The molecule has 0 aliphatic rings. The third kappa shape index (κ3) is 12.1. The molecular weight excluding hydrogens is 540 g/mol. The van der Waals surface area contributed by atoms with E-state index in [2.05, 4.69) is 31.0 Å². The van der Waals surface area contributed by atoms with Crippen LogP contribution in [-0.4, -0.2) is 57.0 Å². The third-order valence-electron chi connectivity index (χ3n) is 5.31. The van der Waals surface area contributed by atoms with Crippen LogP contribution < -0.4 is 10.6 Å². The van der Waals surface area contributed by atoms with Crippen molar-refractivity contribution in [2.75, 3.05) is 13.2 Å². The van der Waals surface area contributed by atoms with Gasteiger partial charge in [0.05, 0.1) is 26.4 Å². The maximum atomic E-state index is 12.6. The smallest absolute Gasteiger partial charge is 0.408 e. The number of ether oxygens (including phenoxy) is 4. The molecule has 0 fully saturated rings. The molecule has 0 radical (unpaired) electrons. The summed E-state index contributed by atoms with van der Waals surface area (Å²) >= 11 is 0. The highest BCUT2D eigenvalue weighted by Crippen LogP contribution is 2.15. The highest BCUT2D eigenvalue weighted by Gasteiger charge is 2.26. The average Bonchev–Trinajstić information content (AvgIpc) is 2.91. The summed E-state index contributed by atoms with van der Waals surface area (Å²) in [5.41, 5.74) is 0.516. The Hall–Kier alpha value is -4.16. The normalized spacial score (nSPS) is 13.1. The summed E-state index contributed by atoms with van der Waals surface area (Å²) in [5, 5.41) is 22.3. The van der Waals surface area contributed by atoms with E-state index in [0.29, 0.717) is 13.2 Å². The van der Waals surface area contributed by atoms with Crippen LogP contribution >= 0.6 is 0 Å². The van der Waals surface area contributed by atoms with Crippen LogP contribution in [-0.2, 0) is 32.2 Å². The lowest BCUT2D eigenvalue weighted by molar-refractivity contribution is 0.0402. The van der Waals surface area contributed by atoms with E-state index >= 15 is 0 Å². The van der Waals surface area contributed by atoms with E-state index in [1.807, 2.05) is 60.7 Å². The summed E-state index contributed by atoms with van der Waals surface area (Å²) in [6.45, 7) is 11.3. The summed E-state index contributed by atoms with van der Waals surface area (Å²) in [4.78, 5) is 25.1. The zero-order valence-corrected chi connectivity index (χ0v) is 25.0. The second-order valence-electron chi connectivity index (χ2n) is 11.5. The molecule has 1 heterocycles. The van der Waals surface area contributed by atoms with Gasteiger partial charge in [-0.1, -0.05) is 60.7 Å². The number of hydrogen-bond donors (Lipinski definition) is 2. The van der Waals surface area contributed by atoms with Gasteiger partial charge >= 0.3 is 12.2 Å². The Labute approximate surface area is 246 Å². The van der Waals surface area contributed by atoms with Crippen LogP contribution in [0, 0.1) is 0 Å². The van der Waals surface area contributed by atoms with Gasteiger partial charge in [0.15, 0.2) is 11.6 Å². The quantitative estimate of drug-likeness (QED) is 0.305. The molecule has 2 N–H and O–H groups in total. The molecule has 0 saturated carbocycles. The summed E-state index contributed by atoms with van der Waals surface area (Å²) in [5.74, 6) is 0.220. The number of carbonyl (C=O) groups is 2. The van der Waals surface area contributed by atoms with Gasteiger partial charge < -0.3 is 29.6 Å². The van der Waals surface area contributed by atoms with E-state index in [9.17, 15) is 9.59 Å². The van der Waals surface area contributed by atoms with E-state index < -0.39 is 35.5 Å². The molecule has 0 aliphatic heterocycles. The number of hydrogen-bond acceptors (Lipinski definition) is 10. The molecule has 2 aromatic carbocycles. The number of benzene rings is 2. The second-order valence-corrected chi connectivity index (χ2v) is 11.5. The van der Waals surface area contributed by atoms with Gasteiger partial charge in [-0.15, -0.1) is 20.4 Å². The van der Waals surface area contributed by atoms with Crippen molar-refractivity contribution < 1.29 is 28.5 Å². The van der Waals surface area contributed by atoms with Crippen molar-refractivity contribution in [1.82, 2.24) is 31.0 Å². The largest absolute Gasteiger partial charge is 0.444 e. The van der Waals surface area contributed by atoms with Gasteiger partial charge in [-0.05, 0) is 52.7 Å². The molecule has 0 spiro atoms. The van der Waals surface area contributed by atoms with Crippen LogP contribution in [0.25, 0.3) is 0 Å². The first-order chi connectivity index (χ1) is 19.9. The van der Waals surface area contributed by atoms with E-state index in [1.165, 1.54) is 0 Å². The SMILES string of the molecule is CC(C)(C)OC(=O)N[C@H](COCc1ccccc1)c1nnc([C@@H](COCc2ccccc2)NC(=O)OC(C)(C)C)nn1. The molecule has 12 heteroatoms. The molecule has 226 valence electrons. The fourth-order valence-electron chi connectivity index (χ4n) is 3.52. The predicted molar refractivity (Wildman–Crippen MR) is 154 cm³/mol. The lowest BCUT2D eigenvalue weighted by Crippen LogP contribution is -2.39. The van der Waals surface area contributed by atoms with E-state index in [0.717, 1.165) is 11.1 Å². The minimum Gasteiger partial charge on any atom is -0.444 e. The Kier molecular flexibility index (Phi) is 11.7. The highest BCUT2D eigenvalue weighted by molar-refractivity contribution is 5.68. The van der Waals surface area contributed by atoms with Crippen LogP contribution in [0.1, 0.15) is 76.4 Å². The van der Waals surface area contributed by atoms with Gasteiger partial charge in [0.1, 0.15) is 23.3 Å². The topological polar surface area (TPSA) is 147 Å². The van der Waals surface area contributed by atoms with Gasteiger partial charge in [0, 0.05) is 0 Å². The van der Waals surface area contributed by atoms with Crippen LogP contribution in [0.5, 0.6) is 0 Å². The zero-order valence-electron chi connectivity index (χ0n) is 25.0. The standard InChI is InChI=1S/C30H40N6O6/c1-29(2,3)41-27(37)31-23(19-39-17-21-13-9-7-10-14-21)25-33-35-26(36-34-25)24(32-28(38)42-30(4,5)6)20-40-18-22-15-11-8-12-16-22/h7-16,23-24H,17-20H2,1-6H3,(H,31,37)(H,32,38)/t23-,24-/m1/s1. The minimum absolute atomic E-state index is 0.0383. The first kappa shape index (κ1) is 32.4. The Morgan fingerprint density at radius 1 is 0.619 bits per heavy atom. The Bertz CT molecular complexity index is 1150. The predicted octanol–water partition coefficient (Wildman–Crippen LogP) is 4.83. The fourth-order valence-corrected chi connectivity index (χ4v) is 3.52. The molecule has 2 atom stereocenters. The molecule has 1 aromatic heterocycles. The lowest BCUT2D eigenvalue weighted by atomic mass is 10.2. The van der Waals surface area contributed by atoms with Crippen LogP contribution in [0.3, 0.4) is 0 Å². The van der Waals surface area contributed by atoms with Crippen LogP contribution in [0.15, 0.2) is 60.7 Å². The fraction of sp³-hybridized carbons (Fsp3) is 0.467. The molecule has 0 aliphatic carbocycles. The number of carbonyl (C=O) groups excluding carboxylic acids is 2. The van der Waals surface area contributed by atoms with E-state index in [-0.39, 0.29) is 24.9 Å². The van der Waals surface area contributed by atoms with Crippen molar-refractivity contribution in [3.05, 3.63) is 83.4 Å². The molecule has 3 aromatic rings. The van der Waals surface area contributed by atoms with Gasteiger partial charge in [0.25, 0.3) is 0 Å². The summed E-state index contributed by atoms with van der Waals surface area (Å²) in [6.07, 6.45) is -1.33. The first-order valence-electron chi connectivity index (χ1n) is 13.7. The van der Waals surface area contributed by atoms with Crippen LogP contribution in [0.2, 0.25) is 0 Å². The van der Waals surface area contributed by atoms with E-state index in [4.69, 9.17) is 18.9 Å². The van der Waals surface area contributed by atoms with Gasteiger partial charge in [-0.25, -0.2) is 9.59 Å². The van der Waals surface area contributed by atoms with Crippen LogP contribution in [0.4, 0.5) is 9.59 Å². The molecule has 42 heavy (non-hydrogen) atoms. The monoisotopic (exact) mass is 580 g/mol. The maximum Gasteiger partial charge on any atom is 0.408 e. The third-order valence-corrected chi connectivity index (χ3v) is 5.31. The number of nitrogens with zero attached hydrogens (tertiary/aromatic N) is 4. The van der Waals surface area contributed by atoms with Crippen molar-refractivity contribution in [2.45, 2.75) is 78.0 Å².